The SMILES string of the molecule is COC(=O)c1sccc1CNC(=O)OC(C)(C)C. The molecule has 1 aromatic heterocycles. The molecule has 0 saturated carbocycles. The van der Waals surface area contributed by atoms with Gasteiger partial charge in [0.25, 0.3) is 0 Å². The largest absolute Gasteiger partial charge is 0.465 e. The van der Waals surface area contributed by atoms with Crippen molar-refractivity contribution in [2.75, 3.05) is 7.11 Å². The molecule has 1 heterocycles. The predicted octanol–water partition coefficient (Wildman–Crippen LogP) is 2.56. The van der Waals surface area contributed by atoms with E-state index >= 15 is 0 Å². The minimum absolute atomic E-state index is 0.239. The quantitative estimate of drug-likeness (QED) is 0.858. The second-order valence-electron chi connectivity index (χ2n) is 4.62. The topological polar surface area (TPSA) is 64.6 Å². The molecule has 0 bridgehead atoms. The molecule has 1 amide bonds. The molecule has 5 nitrogen and oxygen atoms in total. The maximum atomic E-state index is 11.5. The number of esters is 1. The van der Waals surface area contributed by atoms with Gasteiger partial charge in [-0.2, -0.15) is 0 Å². The molecule has 1 N–H and O–H groups in total. The average molecular weight is 271 g/mol. The lowest BCUT2D eigenvalue weighted by Crippen LogP contribution is -2.32. The Kier molecular flexibility index (Phi) is 4.72. The summed E-state index contributed by atoms with van der Waals surface area (Å²) in [6, 6.07) is 1.77. The lowest BCUT2D eigenvalue weighted by atomic mass is 10.2. The number of methoxy groups -OCH3 is 1. The van der Waals surface area contributed by atoms with Crippen LogP contribution in [0.4, 0.5) is 4.79 Å². The van der Waals surface area contributed by atoms with Crippen LogP contribution in [-0.2, 0) is 16.0 Å². The number of rotatable bonds is 3. The molecule has 0 spiro atoms. The van der Waals surface area contributed by atoms with Crippen molar-refractivity contribution < 1.29 is 19.1 Å². The van der Waals surface area contributed by atoms with Crippen LogP contribution in [0.2, 0.25) is 0 Å². The Balaban J connectivity index is 2.57. The first-order chi connectivity index (χ1) is 8.33. The third-order valence-corrected chi connectivity index (χ3v) is 2.88. The van der Waals surface area contributed by atoms with Crippen LogP contribution in [-0.4, -0.2) is 24.8 Å². The second-order valence-corrected chi connectivity index (χ2v) is 5.54. The molecule has 0 aliphatic heterocycles. The summed E-state index contributed by atoms with van der Waals surface area (Å²) in [6.45, 7) is 5.61. The van der Waals surface area contributed by atoms with E-state index in [1.54, 1.807) is 32.2 Å². The highest BCUT2D eigenvalue weighted by atomic mass is 32.1. The van der Waals surface area contributed by atoms with Crippen LogP contribution >= 0.6 is 11.3 Å². The van der Waals surface area contributed by atoms with Gasteiger partial charge in [-0.1, -0.05) is 0 Å². The monoisotopic (exact) mass is 271 g/mol. The van der Waals surface area contributed by atoms with Crippen molar-refractivity contribution in [3.63, 3.8) is 0 Å². The zero-order valence-corrected chi connectivity index (χ0v) is 11.7. The normalized spacial score (nSPS) is 10.9. The summed E-state index contributed by atoms with van der Waals surface area (Å²) in [4.78, 5) is 23.4. The van der Waals surface area contributed by atoms with Gasteiger partial charge in [-0.3, -0.25) is 0 Å². The summed E-state index contributed by atoms with van der Waals surface area (Å²) in [7, 11) is 1.33. The Labute approximate surface area is 110 Å². The number of carbonyl (C=O) groups excluding carboxylic acids is 2. The van der Waals surface area contributed by atoms with Gasteiger partial charge in [0.1, 0.15) is 10.5 Å². The van der Waals surface area contributed by atoms with E-state index in [-0.39, 0.29) is 6.54 Å². The Morgan fingerprint density at radius 1 is 1.39 bits per heavy atom. The number of carbonyl (C=O) groups is 2. The summed E-state index contributed by atoms with van der Waals surface area (Å²) in [6.07, 6.45) is -0.510. The van der Waals surface area contributed by atoms with Gasteiger partial charge < -0.3 is 14.8 Å². The first-order valence-corrected chi connectivity index (χ1v) is 6.33. The molecule has 6 heteroatoms. The van der Waals surface area contributed by atoms with Gasteiger partial charge >= 0.3 is 12.1 Å². The standard InChI is InChI=1S/C12H17NO4S/c1-12(2,3)17-11(15)13-7-8-5-6-18-9(8)10(14)16-4/h5-6H,7H2,1-4H3,(H,13,15). The fourth-order valence-corrected chi connectivity index (χ4v) is 2.07. The molecule has 1 rings (SSSR count). The van der Waals surface area contributed by atoms with Crippen molar-refractivity contribution in [2.45, 2.75) is 32.9 Å². The number of alkyl carbamates (subject to hydrolysis) is 1. The highest BCUT2D eigenvalue weighted by molar-refractivity contribution is 7.12. The molecule has 0 aliphatic carbocycles. The van der Waals surface area contributed by atoms with Gasteiger partial charge in [0.15, 0.2) is 0 Å². The fourth-order valence-electron chi connectivity index (χ4n) is 1.23. The first kappa shape index (κ1) is 14.5. The van der Waals surface area contributed by atoms with Crippen LogP contribution < -0.4 is 5.32 Å². The van der Waals surface area contributed by atoms with Crippen molar-refractivity contribution >= 4 is 23.4 Å². The minimum atomic E-state index is -0.538. The van der Waals surface area contributed by atoms with Gasteiger partial charge in [-0.05, 0) is 37.8 Å². The molecule has 1 aromatic rings. The molecule has 100 valence electrons. The van der Waals surface area contributed by atoms with Crippen molar-refractivity contribution in [3.05, 3.63) is 21.9 Å². The highest BCUT2D eigenvalue weighted by Gasteiger charge is 2.18. The van der Waals surface area contributed by atoms with E-state index in [0.717, 1.165) is 5.56 Å². The smallest absolute Gasteiger partial charge is 0.407 e. The molecule has 0 fully saturated rings. The molecular formula is C12H17NO4S. The summed E-state index contributed by atoms with van der Waals surface area (Å²) in [5.74, 6) is -0.397. The average Bonchev–Trinajstić information content (AvgIpc) is 2.71. The zero-order valence-electron chi connectivity index (χ0n) is 10.9. The summed E-state index contributed by atoms with van der Waals surface area (Å²) in [5.41, 5.74) is 0.182. The molecule has 18 heavy (non-hydrogen) atoms. The van der Waals surface area contributed by atoms with E-state index < -0.39 is 17.7 Å². The fraction of sp³-hybridized carbons (Fsp3) is 0.500. The molecule has 0 aliphatic rings. The highest BCUT2D eigenvalue weighted by Crippen LogP contribution is 2.17. The number of ether oxygens (including phenoxy) is 2. The Hall–Kier alpha value is -1.56. The Bertz CT molecular complexity index is 434. The number of amides is 1. The maximum absolute atomic E-state index is 11.5. The van der Waals surface area contributed by atoms with E-state index in [1.165, 1.54) is 18.4 Å². The van der Waals surface area contributed by atoms with Crippen LogP contribution in [0.1, 0.15) is 36.0 Å². The van der Waals surface area contributed by atoms with E-state index in [9.17, 15) is 9.59 Å². The van der Waals surface area contributed by atoms with Crippen LogP contribution in [0.25, 0.3) is 0 Å². The third-order valence-electron chi connectivity index (χ3n) is 1.94. The van der Waals surface area contributed by atoms with Gasteiger partial charge in [-0.25, -0.2) is 9.59 Å². The van der Waals surface area contributed by atoms with Gasteiger partial charge in [0.2, 0.25) is 0 Å². The second kappa shape index (κ2) is 5.86. The number of nitrogens with one attached hydrogen (secondary N) is 1. The third kappa shape index (κ3) is 4.37. The van der Waals surface area contributed by atoms with Crippen LogP contribution in [0, 0.1) is 0 Å². The predicted molar refractivity (Wildman–Crippen MR) is 68.7 cm³/mol. The molecule has 0 aromatic carbocycles. The van der Waals surface area contributed by atoms with Crippen LogP contribution in [0.5, 0.6) is 0 Å². The summed E-state index contributed by atoms with van der Waals surface area (Å²) >= 11 is 1.28. The van der Waals surface area contributed by atoms with Crippen molar-refractivity contribution in [2.24, 2.45) is 0 Å². The van der Waals surface area contributed by atoms with Crippen molar-refractivity contribution in [1.82, 2.24) is 5.32 Å². The van der Waals surface area contributed by atoms with E-state index in [1.807, 2.05) is 0 Å². The number of thiophene rings is 1. The lowest BCUT2D eigenvalue weighted by Gasteiger charge is -2.19. The van der Waals surface area contributed by atoms with Crippen molar-refractivity contribution in [3.8, 4) is 0 Å². The van der Waals surface area contributed by atoms with E-state index in [2.05, 4.69) is 10.1 Å². The summed E-state index contributed by atoms with van der Waals surface area (Å²) in [5, 5.41) is 4.37. The van der Waals surface area contributed by atoms with E-state index in [0.29, 0.717) is 4.88 Å². The molecule has 0 atom stereocenters. The maximum Gasteiger partial charge on any atom is 0.407 e. The Morgan fingerprint density at radius 3 is 2.61 bits per heavy atom. The zero-order chi connectivity index (χ0) is 13.8. The number of hydrogen-bond donors (Lipinski definition) is 1. The first-order valence-electron chi connectivity index (χ1n) is 5.45. The van der Waals surface area contributed by atoms with Gasteiger partial charge in [0, 0.05) is 6.54 Å². The molecule has 0 saturated heterocycles. The van der Waals surface area contributed by atoms with Gasteiger partial charge in [-0.15, -0.1) is 11.3 Å². The van der Waals surface area contributed by atoms with Crippen molar-refractivity contribution in [1.29, 1.82) is 0 Å². The van der Waals surface area contributed by atoms with Crippen LogP contribution in [0.3, 0.4) is 0 Å². The molecule has 0 unspecified atom stereocenters. The lowest BCUT2D eigenvalue weighted by molar-refractivity contribution is 0.0518. The summed E-state index contributed by atoms with van der Waals surface area (Å²) < 4.78 is 9.75. The Morgan fingerprint density at radius 2 is 2.06 bits per heavy atom. The van der Waals surface area contributed by atoms with E-state index in [4.69, 9.17) is 4.74 Å². The minimum Gasteiger partial charge on any atom is -0.465 e. The molecular weight excluding hydrogens is 254 g/mol. The van der Waals surface area contributed by atoms with Gasteiger partial charge in [0.05, 0.1) is 7.11 Å². The van der Waals surface area contributed by atoms with Crippen LogP contribution in [0.15, 0.2) is 11.4 Å². The molecule has 0 radical (unpaired) electrons. The number of hydrogen-bond acceptors (Lipinski definition) is 5.